The largest absolute Gasteiger partial charge is 0.353 e. The van der Waals surface area contributed by atoms with Gasteiger partial charge in [-0.05, 0) is 26.0 Å². The molecule has 1 heterocycles. The van der Waals surface area contributed by atoms with Gasteiger partial charge in [-0.2, -0.15) is 0 Å². The average Bonchev–Trinajstić information content (AvgIpc) is 2.26. The summed E-state index contributed by atoms with van der Waals surface area (Å²) in [5, 5.41) is 2.82. The van der Waals surface area contributed by atoms with Gasteiger partial charge in [-0.25, -0.2) is 13.1 Å². The lowest BCUT2D eigenvalue weighted by atomic mass is 10.1. The van der Waals surface area contributed by atoms with Crippen LogP contribution in [-0.4, -0.2) is 38.2 Å². The lowest BCUT2D eigenvalue weighted by molar-refractivity contribution is -0.121. The Balaban J connectivity index is 2.35. The third-order valence-electron chi connectivity index (χ3n) is 2.59. The van der Waals surface area contributed by atoms with Gasteiger partial charge >= 0.3 is 0 Å². The number of amides is 1. The van der Waals surface area contributed by atoms with Gasteiger partial charge in [0.2, 0.25) is 15.9 Å². The molecule has 0 fully saturated rings. The Morgan fingerprint density at radius 2 is 2.10 bits per heavy atom. The Kier molecular flexibility index (Phi) is 6.09. The summed E-state index contributed by atoms with van der Waals surface area (Å²) in [5.41, 5.74) is 1.87. The fourth-order valence-electron chi connectivity index (χ4n) is 1.77. The lowest BCUT2D eigenvalue weighted by Gasteiger charge is -2.13. The smallest absolute Gasteiger partial charge is 0.221 e. The Hall–Kier alpha value is -1.47. The summed E-state index contributed by atoms with van der Waals surface area (Å²) in [6.45, 7) is 3.93. The van der Waals surface area contributed by atoms with Crippen molar-refractivity contribution in [2.45, 2.75) is 32.7 Å². The maximum absolute atomic E-state index is 11.6. The summed E-state index contributed by atoms with van der Waals surface area (Å²) in [4.78, 5) is 16.0. The number of rotatable bonds is 7. The number of carbonyl (C=O) groups is 1. The van der Waals surface area contributed by atoms with Crippen LogP contribution < -0.4 is 10.0 Å². The third-order valence-corrected chi connectivity index (χ3v) is 3.31. The molecular formula is C13H21N3O3S. The highest BCUT2D eigenvalue weighted by Gasteiger charge is 2.10. The number of pyridine rings is 1. The molecule has 0 radical (unpaired) electrons. The van der Waals surface area contributed by atoms with E-state index in [0.29, 0.717) is 6.42 Å². The highest BCUT2D eigenvalue weighted by Crippen LogP contribution is 2.02. The molecule has 0 spiro atoms. The fraction of sp³-hybridized carbons (Fsp3) is 0.538. The van der Waals surface area contributed by atoms with Crippen LogP contribution in [0.25, 0.3) is 0 Å². The molecule has 7 heteroatoms. The molecule has 0 aromatic carbocycles. The standard InChI is InChI=1S/C13H21N3O3S/c1-10-5-4-6-12(15-10)9-11(2)16-13(17)7-8-14-20(3,18)19/h4-6,11,14H,7-9H2,1-3H3,(H,16,17)/t11-/m0/s1. The van der Waals surface area contributed by atoms with Crippen molar-refractivity contribution < 1.29 is 13.2 Å². The predicted molar refractivity (Wildman–Crippen MR) is 77.7 cm³/mol. The molecule has 0 unspecified atom stereocenters. The van der Waals surface area contributed by atoms with Crippen molar-refractivity contribution in [3.05, 3.63) is 29.6 Å². The number of aromatic nitrogens is 1. The van der Waals surface area contributed by atoms with Crippen LogP contribution in [0, 0.1) is 6.92 Å². The van der Waals surface area contributed by atoms with E-state index < -0.39 is 10.0 Å². The molecule has 1 atom stereocenters. The van der Waals surface area contributed by atoms with E-state index >= 15 is 0 Å². The summed E-state index contributed by atoms with van der Waals surface area (Å²) in [6, 6.07) is 5.72. The van der Waals surface area contributed by atoms with Gasteiger partial charge in [0.25, 0.3) is 0 Å². The van der Waals surface area contributed by atoms with Crippen molar-refractivity contribution in [2.24, 2.45) is 0 Å². The average molecular weight is 299 g/mol. The molecule has 0 aliphatic rings. The minimum absolute atomic E-state index is 0.0463. The van der Waals surface area contributed by atoms with Crippen molar-refractivity contribution in [3.63, 3.8) is 0 Å². The molecule has 0 aliphatic heterocycles. The first-order chi connectivity index (χ1) is 9.26. The second-order valence-electron chi connectivity index (χ2n) is 4.86. The predicted octanol–water partition coefficient (Wildman–Crippen LogP) is 0.377. The first-order valence-corrected chi connectivity index (χ1v) is 8.32. The lowest BCUT2D eigenvalue weighted by Crippen LogP contribution is -2.36. The quantitative estimate of drug-likeness (QED) is 0.761. The van der Waals surface area contributed by atoms with Crippen LogP contribution in [0.15, 0.2) is 18.2 Å². The number of hydrogen-bond acceptors (Lipinski definition) is 4. The summed E-state index contributed by atoms with van der Waals surface area (Å²) in [7, 11) is -3.24. The summed E-state index contributed by atoms with van der Waals surface area (Å²) in [5.74, 6) is -0.179. The van der Waals surface area contributed by atoms with Crippen LogP contribution in [0.2, 0.25) is 0 Å². The first kappa shape index (κ1) is 16.6. The van der Waals surface area contributed by atoms with E-state index in [4.69, 9.17) is 0 Å². The van der Waals surface area contributed by atoms with Crippen molar-refractivity contribution in [2.75, 3.05) is 12.8 Å². The molecule has 0 saturated heterocycles. The fourth-order valence-corrected chi connectivity index (χ4v) is 2.25. The van der Waals surface area contributed by atoms with E-state index in [1.165, 1.54) is 0 Å². The van der Waals surface area contributed by atoms with Crippen LogP contribution in [0.5, 0.6) is 0 Å². The molecule has 1 aromatic heterocycles. The third kappa shape index (κ3) is 7.20. The molecular weight excluding hydrogens is 278 g/mol. The number of hydrogen-bond donors (Lipinski definition) is 2. The van der Waals surface area contributed by atoms with E-state index in [9.17, 15) is 13.2 Å². The summed E-state index contributed by atoms with van der Waals surface area (Å²) < 4.78 is 24.0. The maximum atomic E-state index is 11.6. The van der Waals surface area contributed by atoms with E-state index in [-0.39, 0.29) is 24.9 Å². The molecule has 112 valence electrons. The van der Waals surface area contributed by atoms with Gasteiger partial charge in [0.05, 0.1) is 6.26 Å². The molecule has 1 rings (SSSR count). The van der Waals surface area contributed by atoms with E-state index in [1.54, 1.807) is 0 Å². The van der Waals surface area contributed by atoms with Gasteiger partial charge in [-0.15, -0.1) is 0 Å². The second kappa shape index (κ2) is 7.35. The Labute approximate surface area is 120 Å². The second-order valence-corrected chi connectivity index (χ2v) is 6.69. The van der Waals surface area contributed by atoms with Gasteiger partial charge in [0.1, 0.15) is 0 Å². The first-order valence-electron chi connectivity index (χ1n) is 6.43. The van der Waals surface area contributed by atoms with Gasteiger partial charge < -0.3 is 5.32 Å². The minimum atomic E-state index is -3.24. The number of nitrogens with one attached hydrogen (secondary N) is 2. The number of sulfonamides is 1. The SMILES string of the molecule is Cc1cccc(C[C@H](C)NC(=O)CCNS(C)(=O)=O)n1. The van der Waals surface area contributed by atoms with E-state index in [2.05, 4.69) is 15.0 Å². The Morgan fingerprint density at radius 3 is 2.70 bits per heavy atom. The van der Waals surface area contributed by atoms with Gasteiger partial charge in [-0.3, -0.25) is 9.78 Å². The van der Waals surface area contributed by atoms with Gasteiger partial charge in [0.15, 0.2) is 0 Å². The molecule has 2 N–H and O–H groups in total. The molecule has 1 aromatic rings. The summed E-state index contributed by atoms with van der Waals surface area (Å²) in [6.07, 6.45) is 1.84. The molecule has 0 aliphatic carbocycles. The van der Waals surface area contributed by atoms with E-state index in [1.807, 2.05) is 32.0 Å². The van der Waals surface area contributed by atoms with Crippen LogP contribution in [0.3, 0.4) is 0 Å². The van der Waals surface area contributed by atoms with Crippen LogP contribution >= 0.6 is 0 Å². The maximum Gasteiger partial charge on any atom is 0.221 e. The summed E-state index contributed by atoms with van der Waals surface area (Å²) >= 11 is 0. The highest BCUT2D eigenvalue weighted by molar-refractivity contribution is 7.88. The molecule has 6 nitrogen and oxygen atoms in total. The van der Waals surface area contributed by atoms with Crippen molar-refractivity contribution in [3.8, 4) is 0 Å². The van der Waals surface area contributed by atoms with Gasteiger partial charge in [0, 0.05) is 36.8 Å². The molecule has 0 bridgehead atoms. The zero-order chi connectivity index (χ0) is 15.2. The minimum Gasteiger partial charge on any atom is -0.353 e. The van der Waals surface area contributed by atoms with E-state index in [0.717, 1.165) is 17.6 Å². The Bertz CT molecular complexity index is 558. The highest BCUT2D eigenvalue weighted by atomic mass is 32.2. The van der Waals surface area contributed by atoms with Gasteiger partial charge in [-0.1, -0.05) is 6.07 Å². The number of carbonyl (C=O) groups excluding carboxylic acids is 1. The van der Waals surface area contributed by atoms with Crippen LogP contribution in [-0.2, 0) is 21.2 Å². The normalized spacial score (nSPS) is 12.9. The van der Waals surface area contributed by atoms with Crippen molar-refractivity contribution in [1.29, 1.82) is 0 Å². The number of aryl methyl sites for hydroxylation is 1. The molecule has 1 amide bonds. The monoisotopic (exact) mass is 299 g/mol. The van der Waals surface area contributed by atoms with Crippen molar-refractivity contribution >= 4 is 15.9 Å². The molecule has 20 heavy (non-hydrogen) atoms. The topological polar surface area (TPSA) is 88.2 Å². The zero-order valence-electron chi connectivity index (χ0n) is 12.0. The number of nitrogens with zero attached hydrogens (tertiary/aromatic N) is 1. The van der Waals surface area contributed by atoms with Crippen LogP contribution in [0.1, 0.15) is 24.7 Å². The zero-order valence-corrected chi connectivity index (χ0v) is 12.8. The van der Waals surface area contributed by atoms with Crippen molar-refractivity contribution in [1.82, 2.24) is 15.0 Å². The Morgan fingerprint density at radius 1 is 1.40 bits per heavy atom. The van der Waals surface area contributed by atoms with Crippen LogP contribution in [0.4, 0.5) is 0 Å². The molecule has 0 saturated carbocycles.